The average Bonchev–Trinajstić information content (AvgIpc) is 2.39. The van der Waals surface area contributed by atoms with E-state index in [0.29, 0.717) is 6.61 Å². The first kappa shape index (κ1) is 17.0. The van der Waals surface area contributed by atoms with E-state index in [9.17, 15) is 0 Å². The lowest BCUT2D eigenvalue weighted by Crippen LogP contribution is -2.02. The quantitative estimate of drug-likeness (QED) is 0.451. The summed E-state index contributed by atoms with van der Waals surface area (Å²) >= 11 is 10.6. The van der Waals surface area contributed by atoms with Crippen LogP contribution in [0.2, 0.25) is 0 Å². The topological polar surface area (TPSA) is 9.23 Å². The van der Waals surface area contributed by atoms with E-state index >= 15 is 0 Å². The molecule has 0 aliphatic heterocycles. The van der Waals surface area contributed by atoms with Gasteiger partial charge in [-0.15, -0.1) is 0 Å². The molecule has 2 aromatic rings. The highest BCUT2D eigenvalue weighted by Crippen LogP contribution is 2.36. The summed E-state index contributed by atoms with van der Waals surface area (Å²) < 4.78 is 7.98. The zero-order valence-corrected chi connectivity index (χ0v) is 17.0. The van der Waals surface area contributed by atoms with Crippen molar-refractivity contribution >= 4 is 47.8 Å². The third-order valence-corrected chi connectivity index (χ3v) is 5.24. The molecule has 0 aliphatic rings. The van der Waals surface area contributed by atoms with Crippen LogP contribution in [-0.2, 0) is 11.9 Å². The molecule has 0 unspecified atom stereocenters. The number of rotatable bonds is 4. The summed E-state index contributed by atoms with van der Waals surface area (Å²) in [5, 5.41) is 0.820. The first-order valence-electron chi connectivity index (χ1n) is 6.65. The minimum Gasteiger partial charge on any atom is -0.487 e. The maximum absolute atomic E-state index is 6.05. The highest BCUT2D eigenvalue weighted by Gasteiger charge is 2.11. The molecule has 1 nitrogen and oxygen atoms in total. The molecule has 2 aromatic carbocycles. The van der Waals surface area contributed by atoms with Gasteiger partial charge in [-0.25, -0.2) is 0 Å². The molecule has 0 spiro atoms. The van der Waals surface area contributed by atoms with Gasteiger partial charge in [-0.2, -0.15) is 0 Å². The minimum atomic E-state index is 0.572. The highest BCUT2D eigenvalue weighted by atomic mass is 79.9. The molecule has 21 heavy (non-hydrogen) atoms. The van der Waals surface area contributed by atoms with Gasteiger partial charge in [0.15, 0.2) is 0 Å². The lowest BCUT2D eigenvalue weighted by atomic mass is 10.0. The molecule has 0 saturated carbocycles. The lowest BCUT2D eigenvalue weighted by molar-refractivity contribution is 0.300. The third kappa shape index (κ3) is 4.11. The Bertz CT molecular complexity index is 619. The fraction of sp³-hybridized carbons (Fsp3) is 0.294. The van der Waals surface area contributed by atoms with Gasteiger partial charge in [0.1, 0.15) is 12.4 Å². The number of benzene rings is 2. The maximum Gasteiger partial charge on any atom is 0.148 e. The van der Waals surface area contributed by atoms with Crippen LogP contribution in [0.4, 0.5) is 0 Å². The van der Waals surface area contributed by atoms with Gasteiger partial charge < -0.3 is 4.74 Å². The first-order chi connectivity index (χ1) is 9.92. The minimum absolute atomic E-state index is 0.572. The summed E-state index contributed by atoms with van der Waals surface area (Å²) in [6.07, 6.45) is 0. The van der Waals surface area contributed by atoms with E-state index in [1.807, 2.05) is 0 Å². The predicted octanol–water partition coefficient (Wildman–Crippen LogP) is 6.61. The van der Waals surface area contributed by atoms with Crippen molar-refractivity contribution in [1.82, 2.24) is 0 Å². The Kier molecular flexibility index (Phi) is 5.92. The molecule has 4 heteroatoms. The third-order valence-electron chi connectivity index (χ3n) is 3.41. The van der Waals surface area contributed by atoms with Gasteiger partial charge in [0.25, 0.3) is 0 Å². The van der Waals surface area contributed by atoms with Crippen LogP contribution in [0.15, 0.2) is 33.2 Å². The number of aryl methyl sites for hydroxylation is 3. The van der Waals surface area contributed by atoms with Crippen molar-refractivity contribution in [3.8, 4) is 5.75 Å². The molecule has 0 fully saturated rings. The van der Waals surface area contributed by atoms with E-state index < -0.39 is 0 Å². The second-order valence-corrected chi connectivity index (χ2v) is 7.46. The number of hydrogen-bond acceptors (Lipinski definition) is 1. The van der Waals surface area contributed by atoms with Gasteiger partial charge >= 0.3 is 0 Å². The average molecular weight is 477 g/mol. The largest absolute Gasteiger partial charge is 0.487 e. The van der Waals surface area contributed by atoms with Crippen LogP contribution in [0, 0.1) is 20.8 Å². The Morgan fingerprint density at radius 2 is 1.43 bits per heavy atom. The van der Waals surface area contributed by atoms with E-state index in [4.69, 9.17) is 4.74 Å². The van der Waals surface area contributed by atoms with E-state index in [2.05, 4.69) is 92.8 Å². The van der Waals surface area contributed by atoms with Gasteiger partial charge in [0.05, 0.1) is 8.95 Å². The van der Waals surface area contributed by atoms with Crippen molar-refractivity contribution in [2.24, 2.45) is 0 Å². The summed E-state index contributed by atoms with van der Waals surface area (Å²) in [6.45, 7) is 6.97. The van der Waals surface area contributed by atoms with Crippen LogP contribution in [0.1, 0.15) is 27.8 Å². The second-order valence-electron chi connectivity index (χ2n) is 5.19. The summed E-state index contributed by atoms with van der Waals surface area (Å²) in [6, 6.07) is 8.54. The van der Waals surface area contributed by atoms with Crippen LogP contribution in [0.5, 0.6) is 5.75 Å². The number of halogens is 3. The molecule has 0 saturated heterocycles. The standard InChI is InChI=1S/C17H17Br3O/c1-10-4-11(2)14(12(3)5-10)9-21-17-15(19)6-13(8-18)7-16(17)20/h4-7H,8-9H2,1-3H3. The molecule has 0 amide bonds. The molecule has 0 atom stereocenters. The normalized spacial score (nSPS) is 10.8. The van der Waals surface area contributed by atoms with Gasteiger partial charge in [-0.3, -0.25) is 0 Å². The van der Waals surface area contributed by atoms with Crippen molar-refractivity contribution in [2.45, 2.75) is 32.7 Å². The molecule has 0 aromatic heterocycles. The fourth-order valence-electron chi connectivity index (χ4n) is 2.41. The summed E-state index contributed by atoms with van der Waals surface area (Å²) in [5.74, 6) is 0.846. The number of alkyl halides is 1. The molecule has 2 rings (SSSR count). The van der Waals surface area contributed by atoms with E-state index in [1.54, 1.807) is 0 Å². The van der Waals surface area contributed by atoms with Crippen molar-refractivity contribution in [1.29, 1.82) is 0 Å². The zero-order valence-electron chi connectivity index (χ0n) is 12.3. The Morgan fingerprint density at radius 3 is 1.90 bits per heavy atom. The van der Waals surface area contributed by atoms with Crippen LogP contribution in [0.25, 0.3) is 0 Å². The van der Waals surface area contributed by atoms with Crippen LogP contribution in [0.3, 0.4) is 0 Å². The fourth-order valence-corrected chi connectivity index (χ4v) is 4.24. The van der Waals surface area contributed by atoms with Crippen LogP contribution >= 0.6 is 47.8 Å². The van der Waals surface area contributed by atoms with Crippen LogP contribution < -0.4 is 4.74 Å². The summed E-state index contributed by atoms with van der Waals surface area (Å²) in [5.41, 5.74) is 6.29. The van der Waals surface area contributed by atoms with Gasteiger partial charge in [-0.05, 0) is 87.0 Å². The zero-order chi connectivity index (χ0) is 15.6. The van der Waals surface area contributed by atoms with Gasteiger partial charge in [0.2, 0.25) is 0 Å². The molecule has 0 N–H and O–H groups in total. The monoisotopic (exact) mass is 474 g/mol. The Hall–Kier alpha value is -0.320. The Balaban J connectivity index is 2.25. The van der Waals surface area contributed by atoms with E-state index in [0.717, 1.165) is 20.0 Å². The second kappa shape index (κ2) is 7.30. The Morgan fingerprint density at radius 1 is 0.905 bits per heavy atom. The molecular weight excluding hydrogens is 460 g/mol. The van der Waals surface area contributed by atoms with Gasteiger partial charge in [-0.1, -0.05) is 33.6 Å². The molecule has 112 valence electrons. The molecule has 0 radical (unpaired) electrons. The SMILES string of the molecule is Cc1cc(C)c(COc2c(Br)cc(CBr)cc2Br)c(C)c1. The number of hydrogen-bond donors (Lipinski definition) is 0. The highest BCUT2D eigenvalue weighted by molar-refractivity contribution is 9.11. The number of ether oxygens (including phenoxy) is 1. The maximum atomic E-state index is 6.05. The lowest BCUT2D eigenvalue weighted by Gasteiger charge is -2.15. The van der Waals surface area contributed by atoms with Crippen molar-refractivity contribution in [2.75, 3.05) is 0 Å². The first-order valence-corrected chi connectivity index (χ1v) is 9.36. The molecule has 0 aliphatic carbocycles. The van der Waals surface area contributed by atoms with Crippen LogP contribution in [-0.4, -0.2) is 0 Å². The predicted molar refractivity (Wildman–Crippen MR) is 99.5 cm³/mol. The van der Waals surface area contributed by atoms with Crippen molar-refractivity contribution in [3.63, 3.8) is 0 Å². The van der Waals surface area contributed by atoms with E-state index in [-0.39, 0.29) is 0 Å². The van der Waals surface area contributed by atoms with Crippen molar-refractivity contribution < 1.29 is 4.74 Å². The van der Waals surface area contributed by atoms with Crippen molar-refractivity contribution in [3.05, 3.63) is 61.0 Å². The molecule has 0 bridgehead atoms. The molecular formula is C17H17Br3O. The van der Waals surface area contributed by atoms with Gasteiger partial charge in [0, 0.05) is 5.33 Å². The molecule has 0 heterocycles. The Labute approximate surface area is 151 Å². The summed E-state index contributed by atoms with van der Waals surface area (Å²) in [4.78, 5) is 0. The summed E-state index contributed by atoms with van der Waals surface area (Å²) in [7, 11) is 0. The van der Waals surface area contributed by atoms with E-state index in [1.165, 1.54) is 27.8 Å². The smallest absolute Gasteiger partial charge is 0.148 e.